The normalized spacial score (nSPS) is 9.89. The second kappa shape index (κ2) is 9.28. The molecule has 19 heavy (non-hydrogen) atoms. The SMILES string of the molecule is CCN(Cc1cc(Br)ccc1F)C(=O)CCCN.Cl. The largest absolute Gasteiger partial charge is 0.339 e. The average Bonchev–Trinajstić information content (AvgIpc) is 2.36. The Morgan fingerprint density at radius 3 is 2.74 bits per heavy atom. The van der Waals surface area contributed by atoms with Gasteiger partial charge in [-0.3, -0.25) is 4.79 Å². The van der Waals surface area contributed by atoms with E-state index in [9.17, 15) is 9.18 Å². The highest BCUT2D eigenvalue weighted by Gasteiger charge is 2.13. The number of amides is 1. The van der Waals surface area contributed by atoms with E-state index >= 15 is 0 Å². The van der Waals surface area contributed by atoms with E-state index in [4.69, 9.17) is 5.73 Å². The van der Waals surface area contributed by atoms with Gasteiger partial charge < -0.3 is 10.6 Å². The molecule has 1 amide bonds. The van der Waals surface area contributed by atoms with Crippen molar-refractivity contribution in [2.45, 2.75) is 26.3 Å². The van der Waals surface area contributed by atoms with Crippen LogP contribution in [0.5, 0.6) is 0 Å². The van der Waals surface area contributed by atoms with Gasteiger partial charge in [-0.2, -0.15) is 0 Å². The van der Waals surface area contributed by atoms with Gasteiger partial charge in [-0.15, -0.1) is 12.4 Å². The van der Waals surface area contributed by atoms with E-state index in [1.54, 1.807) is 17.0 Å². The molecule has 6 heteroatoms. The summed E-state index contributed by atoms with van der Waals surface area (Å²) in [6.45, 7) is 3.24. The topological polar surface area (TPSA) is 46.3 Å². The van der Waals surface area contributed by atoms with Crippen LogP contribution in [0.15, 0.2) is 22.7 Å². The van der Waals surface area contributed by atoms with Crippen molar-refractivity contribution in [2.75, 3.05) is 13.1 Å². The van der Waals surface area contributed by atoms with E-state index in [0.717, 1.165) is 4.47 Å². The van der Waals surface area contributed by atoms with Crippen molar-refractivity contribution in [2.24, 2.45) is 5.73 Å². The number of rotatable bonds is 6. The molecule has 0 aliphatic heterocycles. The first-order valence-electron chi connectivity index (χ1n) is 6.00. The molecule has 0 spiro atoms. The molecule has 0 saturated heterocycles. The Morgan fingerprint density at radius 1 is 1.47 bits per heavy atom. The number of nitrogens with two attached hydrogens (primary N) is 1. The summed E-state index contributed by atoms with van der Waals surface area (Å²) >= 11 is 3.30. The third-order valence-corrected chi connectivity index (χ3v) is 3.19. The molecule has 0 unspecified atom stereocenters. The van der Waals surface area contributed by atoms with Crippen LogP contribution in [0.25, 0.3) is 0 Å². The van der Waals surface area contributed by atoms with Crippen molar-refractivity contribution in [3.63, 3.8) is 0 Å². The summed E-state index contributed by atoms with van der Waals surface area (Å²) in [6.07, 6.45) is 1.08. The quantitative estimate of drug-likeness (QED) is 0.854. The Kier molecular flexibility index (Phi) is 8.97. The molecule has 1 rings (SSSR count). The zero-order chi connectivity index (χ0) is 13.5. The molecule has 0 saturated carbocycles. The molecule has 0 aromatic heterocycles. The van der Waals surface area contributed by atoms with Crippen molar-refractivity contribution >= 4 is 34.2 Å². The first-order chi connectivity index (χ1) is 8.58. The highest BCUT2D eigenvalue weighted by molar-refractivity contribution is 9.10. The zero-order valence-electron chi connectivity index (χ0n) is 10.9. The van der Waals surface area contributed by atoms with Crippen molar-refractivity contribution in [1.29, 1.82) is 0 Å². The van der Waals surface area contributed by atoms with E-state index in [2.05, 4.69) is 15.9 Å². The van der Waals surface area contributed by atoms with Gasteiger partial charge in [0.2, 0.25) is 5.91 Å². The van der Waals surface area contributed by atoms with E-state index < -0.39 is 0 Å². The summed E-state index contributed by atoms with van der Waals surface area (Å²) < 4.78 is 14.4. The minimum absolute atomic E-state index is 0. The minimum Gasteiger partial charge on any atom is -0.339 e. The Labute approximate surface area is 127 Å². The van der Waals surface area contributed by atoms with E-state index in [1.165, 1.54) is 6.07 Å². The summed E-state index contributed by atoms with van der Waals surface area (Å²) in [5, 5.41) is 0. The second-order valence-corrected chi connectivity index (χ2v) is 4.95. The first-order valence-corrected chi connectivity index (χ1v) is 6.79. The lowest BCUT2D eigenvalue weighted by Gasteiger charge is -2.21. The number of carbonyl (C=O) groups is 1. The summed E-state index contributed by atoms with van der Waals surface area (Å²) in [5.74, 6) is -0.273. The van der Waals surface area contributed by atoms with Crippen LogP contribution in [-0.2, 0) is 11.3 Å². The number of hydrogen-bond acceptors (Lipinski definition) is 2. The molecule has 0 fully saturated rings. The van der Waals surface area contributed by atoms with Gasteiger partial charge >= 0.3 is 0 Å². The predicted molar refractivity (Wildman–Crippen MR) is 80.7 cm³/mol. The molecule has 1 aromatic carbocycles. The van der Waals surface area contributed by atoms with Crippen molar-refractivity contribution in [3.8, 4) is 0 Å². The van der Waals surface area contributed by atoms with Crippen LogP contribution in [0.1, 0.15) is 25.3 Å². The van der Waals surface area contributed by atoms with Crippen LogP contribution in [-0.4, -0.2) is 23.9 Å². The van der Waals surface area contributed by atoms with Crippen LogP contribution in [0.4, 0.5) is 4.39 Å². The molecular weight excluding hydrogens is 335 g/mol. The Hall–Kier alpha value is -0.650. The fraction of sp³-hybridized carbons (Fsp3) is 0.462. The molecule has 1 aromatic rings. The van der Waals surface area contributed by atoms with Crippen molar-refractivity contribution < 1.29 is 9.18 Å². The molecular formula is C13H19BrClFN2O. The third-order valence-electron chi connectivity index (χ3n) is 2.70. The number of carbonyl (C=O) groups excluding carboxylic acids is 1. The minimum atomic E-state index is -0.289. The fourth-order valence-corrected chi connectivity index (χ4v) is 2.07. The van der Waals surface area contributed by atoms with Crippen LogP contribution in [0, 0.1) is 5.82 Å². The third kappa shape index (κ3) is 5.89. The van der Waals surface area contributed by atoms with Gasteiger partial charge in [-0.1, -0.05) is 15.9 Å². The summed E-state index contributed by atoms with van der Waals surface area (Å²) in [5.41, 5.74) is 5.90. The first kappa shape index (κ1) is 18.4. The van der Waals surface area contributed by atoms with Gasteiger partial charge in [-0.25, -0.2) is 4.39 Å². The summed E-state index contributed by atoms with van der Waals surface area (Å²) in [7, 11) is 0. The van der Waals surface area contributed by atoms with Crippen molar-refractivity contribution in [3.05, 3.63) is 34.1 Å². The van der Waals surface area contributed by atoms with Crippen molar-refractivity contribution in [1.82, 2.24) is 4.90 Å². The maximum atomic E-state index is 13.6. The molecule has 0 atom stereocenters. The van der Waals surface area contributed by atoms with Gasteiger partial charge in [-0.05, 0) is 38.1 Å². The number of hydrogen-bond donors (Lipinski definition) is 1. The molecule has 3 nitrogen and oxygen atoms in total. The molecule has 2 N–H and O–H groups in total. The lowest BCUT2D eigenvalue weighted by Crippen LogP contribution is -2.30. The number of nitrogens with zero attached hydrogens (tertiary/aromatic N) is 1. The van der Waals surface area contributed by atoms with E-state index in [-0.39, 0.29) is 24.1 Å². The predicted octanol–water partition coefficient (Wildman–Crippen LogP) is 3.10. The molecule has 0 aliphatic carbocycles. The summed E-state index contributed by atoms with van der Waals surface area (Å²) in [6, 6.07) is 4.75. The fourth-order valence-electron chi connectivity index (χ4n) is 1.66. The lowest BCUT2D eigenvalue weighted by molar-refractivity contribution is -0.131. The molecule has 108 valence electrons. The Balaban J connectivity index is 0.00000324. The lowest BCUT2D eigenvalue weighted by atomic mass is 10.2. The standard InChI is InChI=1S/C13H18BrFN2O.ClH/c1-2-17(13(18)4-3-7-16)9-10-8-11(14)5-6-12(10)15;/h5-6,8H,2-4,7,9,16H2,1H3;1H. The highest BCUT2D eigenvalue weighted by Crippen LogP contribution is 2.17. The zero-order valence-corrected chi connectivity index (χ0v) is 13.3. The summed E-state index contributed by atoms with van der Waals surface area (Å²) in [4.78, 5) is 13.5. The number of halogens is 3. The van der Waals surface area contributed by atoms with Crippen LogP contribution in [0.3, 0.4) is 0 Å². The average molecular weight is 354 g/mol. The smallest absolute Gasteiger partial charge is 0.222 e. The monoisotopic (exact) mass is 352 g/mol. The van der Waals surface area contributed by atoms with Gasteiger partial charge in [0.15, 0.2) is 0 Å². The molecule has 0 heterocycles. The van der Waals surface area contributed by atoms with E-state index in [0.29, 0.717) is 38.0 Å². The Morgan fingerprint density at radius 2 is 2.16 bits per heavy atom. The maximum Gasteiger partial charge on any atom is 0.222 e. The van der Waals surface area contributed by atoms with E-state index in [1.807, 2.05) is 6.92 Å². The Bertz CT molecular complexity index is 418. The van der Waals surface area contributed by atoms with Gasteiger partial charge in [0.05, 0.1) is 0 Å². The molecule has 0 radical (unpaired) electrons. The molecule has 0 aliphatic rings. The maximum absolute atomic E-state index is 13.6. The van der Waals surface area contributed by atoms with Gasteiger partial charge in [0.1, 0.15) is 5.82 Å². The van der Waals surface area contributed by atoms with Crippen LogP contribution < -0.4 is 5.73 Å². The van der Waals surface area contributed by atoms with Crippen LogP contribution >= 0.6 is 28.3 Å². The molecule has 0 bridgehead atoms. The highest BCUT2D eigenvalue weighted by atomic mass is 79.9. The second-order valence-electron chi connectivity index (χ2n) is 4.04. The van der Waals surface area contributed by atoms with Crippen LogP contribution in [0.2, 0.25) is 0 Å². The van der Waals surface area contributed by atoms with Gasteiger partial charge in [0, 0.05) is 29.5 Å². The number of benzene rings is 1. The van der Waals surface area contributed by atoms with Gasteiger partial charge in [0.25, 0.3) is 0 Å².